The first kappa shape index (κ1) is 18.7. The minimum Gasteiger partial charge on any atom is -0.388 e. The van der Waals surface area contributed by atoms with Crippen molar-refractivity contribution in [3.05, 3.63) is 35.6 Å². The molecule has 2 N–H and O–H groups in total. The molecule has 0 spiro atoms. The van der Waals surface area contributed by atoms with Gasteiger partial charge in [0.1, 0.15) is 5.82 Å². The van der Waals surface area contributed by atoms with E-state index in [1.807, 2.05) is 25.3 Å². The van der Waals surface area contributed by atoms with Crippen LogP contribution in [0, 0.1) is 5.82 Å². The van der Waals surface area contributed by atoms with E-state index >= 15 is 0 Å². The lowest BCUT2D eigenvalue weighted by Crippen LogP contribution is -2.48. The van der Waals surface area contributed by atoms with Crippen molar-refractivity contribution >= 4 is 11.8 Å². The lowest BCUT2D eigenvalue weighted by atomic mass is 10.0. The second-order valence-electron chi connectivity index (χ2n) is 6.80. The van der Waals surface area contributed by atoms with Gasteiger partial charge in [0.05, 0.1) is 5.60 Å². The quantitative estimate of drug-likeness (QED) is 0.762. The summed E-state index contributed by atoms with van der Waals surface area (Å²) in [5.41, 5.74) is 0.568. The Morgan fingerprint density at radius 1 is 1.30 bits per heavy atom. The number of nitrogens with one attached hydrogen (secondary N) is 1. The van der Waals surface area contributed by atoms with Gasteiger partial charge in [-0.3, -0.25) is 0 Å². The van der Waals surface area contributed by atoms with Gasteiger partial charge in [-0.15, -0.1) is 0 Å². The number of likely N-dealkylation sites (tertiary alicyclic amines) is 1. The molecule has 1 atom stereocenters. The molecule has 1 aromatic rings. The molecular formula is C18H29FN2OS. The summed E-state index contributed by atoms with van der Waals surface area (Å²) in [5.74, 6) is 0.592. The van der Waals surface area contributed by atoms with Crippen molar-refractivity contribution in [2.24, 2.45) is 0 Å². The second kappa shape index (κ2) is 9.02. The molecule has 0 aromatic heterocycles. The molecule has 0 saturated carbocycles. The Hall–Kier alpha value is -0.620. The molecule has 1 unspecified atom stereocenters. The fraction of sp³-hybridized carbons (Fsp3) is 0.667. The van der Waals surface area contributed by atoms with Crippen molar-refractivity contribution in [3.63, 3.8) is 0 Å². The monoisotopic (exact) mass is 340 g/mol. The molecule has 130 valence electrons. The Morgan fingerprint density at radius 3 is 2.57 bits per heavy atom. The van der Waals surface area contributed by atoms with Gasteiger partial charge in [0.15, 0.2) is 0 Å². The van der Waals surface area contributed by atoms with Crippen LogP contribution in [0.5, 0.6) is 0 Å². The maximum atomic E-state index is 12.9. The van der Waals surface area contributed by atoms with Gasteiger partial charge in [-0.05, 0) is 63.2 Å². The number of halogens is 1. The molecule has 2 rings (SSSR count). The molecule has 1 fully saturated rings. The van der Waals surface area contributed by atoms with Gasteiger partial charge in [0, 0.05) is 24.9 Å². The van der Waals surface area contributed by atoms with E-state index in [-0.39, 0.29) is 5.82 Å². The maximum Gasteiger partial charge on any atom is 0.123 e. The molecule has 3 nitrogen and oxygen atoms in total. The van der Waals surface area contributed by atoms with E-state index in [0.717, 1.165) is 44.6 Å². The van der Waals surface area contributed by atoms with Crippen molar-refractivity contribution in [1.82, 2.24) is 10.2 Å². The molecular weight excluding hydrogens is 311 g/mol. The molecule has 1 aromatic carbocycles. The van der Waals surface area contributed by atoms with Crippen molar-refractivity contribution < 1.29 is 9.50 Å². The van der Waals surface area contributed by atoms with Crippen LogP contribution >= 0.6 is 11.8 Å². The minimum absolute atomic E-state index is 0.169. The molecule has 0 amide bonds. The fourth-order valence-electron chi connectivity index (χ4n) is 3.03. The summed E-state index contributed by atoms with van der Waals surface area (Å²) in [6.45, 7) is 5.76. The Bertz CT molecular complexity index is 459. The van der Waals surface area contributed by atoms with E-state index in [0.29, 0.717) is 12.6 Å². The minimum atomic E-state index is -0.626. The smallest absolute Gasteiger partial charge is 0.123 e. The highest BCUT2D eigenvalue weighted by atomic mass is 32.2. The number of hydrogen-bond donors (Lipinski definition) is 2. The number of thioether (sulfide) groups is 1. The van der Waals surface area contributed by atoms with Crippen molar-refractivity contribution in [2.45, 2.75) is 37.8 Å². The third-order valence-corrected chi connectivity index (χ3v) is 5.35. The van der Waals surface area contributed by atoms with Crippen LogP contribution < -0.4 is 5.32 Å². The molecule has 1 aliphatic rings. The van der Waals surface area contributed by atoms with Crippen LogP contribution in [0.3, 0.4) is 0 Å². The molecule has 1 saturated heterocycles. The number of aliphatic hydroxyl groups is 1. The molecule has 1 aliphatic heterocycles. The highest BCUT2D eigenvalue weighted by molar-refractivity contribution is 7.98. The molecule has 1 heterocycles. The highest BCUT2D eigenvalue weighted by Crippen LogP contribution is 2.14. The predicted octanol–water partition coefficient (Wildman–Crippen LogP) is 2.54. The van der Waals surface area contributed by atoms with Crippen LogP contribution in [0.25, 0.3) is 0 Å². The van der Waals surface area contributed by atoms with Gasteiger partial charge in [0.2, 0.25) is 0 Å². The van der Waals surface area contributed by atoms with E-state index in [4.69, 9.17) is 0 Å². The van der Waals surface area contributed by atoms with E-state index in [2.05, 4.69) is 10.2 Å². The summed E-state index contributed by atoms with van der Waals surface area (Å²) < 4.78 is 12.9. The van der Waals surface area contributed by atoms with Crippen LogP contribution in [0.2, 0.25) is 0 Å². The first-order valence-electron chi connectivity index (χ1n) is 8.40. The van der Waals surface area contributed by atoms with Crippen LogP contribution in [0.15, 0.2) is 24.3 Å². The largest absolute Gasteiger partial charge is 0.388 e. The SMILES string of the molecule is CSCC(C)(O)CNC1CCN(CCc2ccc(F)cc2)CC1. The van der Waals surface area contributed by atoms with Gasteiger partial charge in [-0.1, -0.05) is 12.1 Å². The summed E-state index contributed by atoms with van der Waals surface area (Å²) in [4.78, 5) is 2.47. The topological polar surface area (TPSA) is 35.5 Å². The van der Waals surface area contributed by atoms with E-state index in [9.17, 15) is 9.50 Å². The fourth-order valence-corrected chi connectivity index (χ4v) is 3.75. The zero-order valence-electron chi connectivity index (χ0n) is 14.2. The Labute approximate surface area is 143 Å². The van der Waals surface area contributed by atoms with Gasteiger partial charge in [-0.2, -0.15) is 11.8 Å². The zero-order valence-corrected chi connectivity index (χ0v) is 15.0. The lowest BCUT2D eigenvalue weighted by molar-refractivity contribution is 0.0765. The molecule has 23 heavy (non-hydrogen) atoms. The Balaban J connectivity index is 1.65. The van der Waals surface area contributed by atoms with Crippen LogP contribution in [0.4, 0.5) is 4.39 Å². The number of rotatable bonds is 8. The van der Waals surface area contributed by atoms with Crippen molar-refractivity contribution in [2.75, 3.05) is 38.2 Å². The lowest BCUT2D eigenvalue weighted by Gasteiger charge is -2.34. The van der Waals surface area contributed by atoms with Gasteiger partial charge in [0.25, 0.3) is 0 Å². The Morgan fingerprint density at radius 2 is 1.96 bits per heavy atom. The normalized spacial score (nSPS) is 19.7. The van der Waals surface area contributed by atoms with E-state index in [1.165, 1.54) is 17.7 Å². The molecule has 0 aliphatic carbocycles. The second-order valence-corrected chi connectivity index (χ2v) is 7.67. The number of nitrogens with zero attached hydrogens (tertiary/aromatic N) is 1. The van der Waals surface area contributed by atoms with Crippen LogP contribution in [-0.2, 0) is 6.42 Å². The zero-order chi connectivity index (χ0) is 16.7. The maximum absolute atomic E-state index is 12.9. The average molecular weight is 341 g/mol. The van der Waals surface area contributed by atoms with Gasteiger partial charge < -0.3 is 15.3 Å². The summed E-state index contributed by atoms with van der Waals surface area (Å²) in [6.07, 6.45) is 5.24. The molecule has 5 heteroatoms. The van der Waals surface area contributed by atoms with Gasteiger partial charge >= 0.3 is 0 Å². The van der Waals surface area contributed by atoms with E-state index < -0.39 is 5.60 Å². The average Bonchev–Trinajstić information content (AvgIpc) is 2.53. The summed E-state index contributed by atoms with van der Waals surface area (Å²) in [6, 6.07) is 7.32. The van der Waals surface area contributed by atoms with Crippen molar-refractivity contribution in [3.8, 4) is 0 Å². The van der Waals surface area contributed by atoms with Crippen LogP contribution in [-0.4, -0.2) is 59.8 Å². The van der Waals surface area contributed by atoms with Crippen LogP contribution in [0.1, 0.15) is 25.3 Å². The molecule has 0 radical (unpaired) electrons. The predicted molar refractivity (Wildman–Crippen MR) is 96.6 cm³/mol. The number of hydrogen-bond acceptors (Lipinski definition) is 4. The third kappa shape index (κ3) is 6.79. The number of piperidine rings is 1. The highest BCUT2D eigenvalue weighted by Gasteiger charge is 2.23. The summed E-state index contributed by atoms with van der Waals surface area (Å²) in [5, 5.41) is 13.7. The first-order chi connectivity index (χ1) is 11.0. The first-order valence-corrected chi connectivity index (χ1v) is 9.79. The van der Waals surface area contributed by atoms with Gasteiger partial charge in [-0.25, -0.2) is 4.39 Å². The van der Waals surface area contributed by atoms with Crippen molar-refractivity contribution in [1.29, 1.82) is 0 Å². The molecule has 0 bridgehead atoms. The Kier molecular flexibility index (Phi) is 7.34. The summed E-state index contributed by atoms with van der Waals surface area (Å²) >= 11 is 1.68. The van der Waals surface area contributed by atoms with E-state index in [1.54, 1.807) is 11.8 Å². The summed E-state index contributed by atoms with van der Waals surface area (Å²) in [7, 11) is 0. The third-order valence-electron chi connectivity index (χ3n) is 4.44. The number of benzene rings is 1. The standard InChI is InChI=1S/C18H29FN2OS/c1-18(22,14-23-2)13-20-17-8-11-21(12-9-17)10-7-15-3-5-16(19)6-4-15/h3-6,17,20,22H,7-14H2,1-2H3.